The number of nitrogens with one attached hydrogen (secondary N) is 1. The molecule has 1 aromatic rings. The molecule has 3 unspecified atom stereocenters. The lowest BCUT2D eigenvalue weighted by atomic mass is 10.1. The van der Waals surface area contributed by atoms with Gasteiger partial charge in [0.1, 0.15) is 13.2 Å². The van der Waals surface area contributed by atoms with Crippen LogP contribution < -0.4 is 5.32 Å². The molecule has 8 heteroatoms. The van der Waals surface area contributed by atoms with Gasteiger partial charge in [0.25, 0.3) is 0 Å². The Labute approximate surface area is 216 Å². The van der Waals surface area contributed by atoms with E-state index in [9.17, 15) is 19.2 Å². The first-order chi connectivity index (χ1) is 16.9. The molecule has 1 amide bonds. The highest BCUT2D eigenvalue weighted by Crippen LogP contribution is 2.07. The summed E-state index contributed by atoms with van der Waals surface area (Å²) < 4.78 is 9.96. The van der Waals surface area contributed by atoms with Crippen LogP contribution in [0.4, 0.5) is 0 Å². The summed E-state index contributed by atoms with van der Waals surface area (Å²) in [4.78, 5) is 43.5. The maximum Gasteiger partial charge on any atom is 0.333 e. The van der Waals surface area contributed by atoms with Gasteiger partial charge in [-0.1, -0.05) is 78.5 Å². The predicted molar refractivity (Wildman–Crippen MR) is 141 cm³/mol. The standard InChI is InChI=1S/C12H16O2.C11H19NO3.C5H10O2/c1-3-10(2)12(13)14-9-11-7-5-4-6-8-11;1-5-9(4)10(13)12-6-7-15-11(14)8(2)3;1-3-4(2)5(6)7/h4-8,10H,3,9H2,1-2H3;9H,2,5-7H2,1,3-4H3,(H,12,13);4H,3H2,1-2H3,(H,6,7). The Morgan fingerprint density at radius 1 is 0.889 bits per heavy atom. The number of rotatable bonds is 12. The van der Waals surface area contributed by atoms with E-state index in [4.69, 9.17) is 14.6 Å². The molecule has 0 radical (unpaired) electrons. The summed E-state index contributed by atoms with van der Waals surface area (Å²) in [5.41, 5.74) is 1.40. The zero-order valence-electron chi connectivity index (χ0n) is 23.0. The Balaban J connectivity index is 0. The predicted octanol–water partition coefficient (Wildman–Crippen LogP) is 5.16. The number of hydrogen-bond acceptors (Lipinski definition) is 6. The van der Waals surface area contributed by atoms with E-state index < -0.39 is 11.9 Å². The van der Waals surface area contributed by atoms with Crippen LogP contribution in [0.3, 0.4) is 0 Å². The molecule has 204 valence electrons. The van der Waals surface area contributed by atoms with Crippen molar-refractivity contribution in [2.24, 2.45) is 17.8 Å². The highest BCUT2D eigenvalue weighted by molar-refractivity contribution is 5.87. The van der Waals surface area contributed by atoms with Crippen LogP contribution in [0.5, 0.6) is 0 Å². The number of hydrogen-bond donors (Lipinski definition) is 2. The van der Waals surface area contributed by atoms with Crippen LogP contribution in [0.2, 0.25) is 0 Å². The second-order valence-corrected chi connectivity index (χ2v) is 8.57. The molecule has 8 nitrogen and oxygen atoms in total. The smallest absolute Gasteiger partial charge is 0.333 e. The van der Waals surface area contributed by atoms with Crippen LogP contribution in [0.15, 0.2) is 42.5 Å². The van der Waals surface area contributed by atoms with Gasteiger partial charge in [0.2, 0.25) is 5.91 Å². The fourth-order valence-electron chi connectivity index (χ4n) is 2.01. The van der Waals surface area contributed by atoms with Gasteiger partial charge in [0, 0.05) is 11.5 Å². The molecular weight excluding hydrogens is 462 g/mol. The third-order valence-corrected chi connectivity index (χ3v) is 5.32. The summed E-state index contributed by atoms with van der Waals surface area (Å²) in [5.74, 6) is -1.43. The molecule has 0 heterocycles. The van der Waals surface area contributed by atoms with Crippen molar-refractivity contribution in [3.63, 3.8) is 0 Å². The van der Waals surface area contributed by atoms with Crippen LogP contribution in [-0.4, -0.2) is 42.1 Å². The molecule has 0 saturated carbocycles. The van der Waals surface area contributed by atoms with Gasteiger partial charge in [-0.2, -0.15) is 0 Å². The molecule has 0 aliphatic rings. The second kappa shape index (κ2) is 21.1. The molecular formula is C28H45NO7. The molecule has 0 saturated heterocycles. The lowest BCUT2D eigenvalue weighted by molar-refractivity contribution is -0.149. The second-order valence-electron chi connectivity index (χ2n) is 8.57. The molecule has 0 spiro atoms. The van der Waals surface area contributed by atoms with Crippen LogP contribution >= 0.6 is 0 Å². The van der Waals surface area contributed by atoms with Crippen molar-refractivity contribution in [2.75, 3.05) is 13.2 Å². The van der Waals surface area contributed by atoms with Crippen molar-refractivity contribution in [2.45, 2.75) is 74.3 Å². The monoisotopic (exact) mass is 507 g/mol. The summed E-state index contributed by atoms with van der Waals surface area (Å²) >= 11 is 0. The number of ether oxygens (including phenoxy) is 2. The van der Waals surface area contributed by atoms with Gasteiger partial charge in [-0.15, -0.1) is 0 Å². The Hall–Kier alpha value is -3.16. The minimum atomic E-state index is -0.706. The van der Waals surface area contributed by atoms with E-state index >= 15 is 0 Å². The number of aliphatic carboxylic acids is 1. The van der Waals surface area contributed by atoms with Gasteiger partial charge >= 0.3 is 17.9 Å². The average Bonchev–Trinajstić information content (AvgIpc) is 2.88. The summed E-state index contributed by atoms with van der Waals surface area (Å²) in [6.45, 7) is 17.2. The van der Waals surface area contributed by atoms with E-state index in [0.29, 0.717) is 18.7 Å². The fourth-order valence-corrected chi connectivity index (χ4v) is 2.01. The molecule has 36 heavy (non-hydrogen) atoms. The van der Waals surface area contributed by atoms with Crippen molar-refractivity contribution in [3.8, 4) is 0 Å². The minimum Gasteiger partial charge on any atom is -0.481 e. The number of carboxylic acids is 1. The largest absolute Gasteiger partial charge is 0.481 e. The van der Waals surface area contributed by atoms with Crippen LogP contribution in [-0.2, 0) is 35.3 Å². The van der Waals surface area contributed by atoms with E-state index in [1.165, 1.54) is 0 Å². The topological polar surface area (TPSA) is 119 Å². The SMILES string of the molecule is C=C(C)C(=O)OCCNC(=O)C(C)CC.CCC(C)C(=O)O.CCC(C)C(=O)OCc1ccccc1. The third-order valence-electron chi connectivity index (χ3n) is 5.32. The maximum atomic E-state index is 11.3. The molecule has 0 aliphatic heterocycles. The first-order valence-corrected chi connectivity index (χ1v) is 12.4. The third kappa shape index (κ3) is 18.2. The molecule has 1 aromatic carbocycles. The summed E-state index contributed by atoms with van der Waals surface area (Å²) in [7, 11) is 0. The van der Waals surface area contributed by atoms with Gasteiger partial charge in [-0.25, -0.2) is 4.79 Å². The molecule has 0 bridgehead atoms. The molecule has 3 atom stereocenters. The summed E-state index contributed by atoms with van der Waals surface area (Å²) in [6.07, 6.45) is 2.35. The van der Waals surface area contributed by atoms with Gasteiger partial charge in [-0.3, -0.25) is 14.4 Å². The number of esters is 2. The van der Waals surface area contributed by atoms with E-state index in [0.717, 1.165) is 24.8 Å². The number of carbonyl (C=O) groups excluding carboxylic acids is 3. The zero-order valence-corrected chi connectivity index (χ0v) is 23.0. The Kier molecular flexibility index (Phi) is 20.6. The Bertz CT molecular complexity index is 792. The van der Waals surface area contributed by atoms with E-state index in [1.807, 2.05) is 65.0 Å². The number of amides is 1. The maximum absolute atomic E-state index is 11.3. The Morgan fingerprint density at radius 3 is 1.83 bits per heavy atom. The summed E-state index contributed by atoms with van der Waals surface area (Å²) in [6, 6.07) is 9.71. The van der Waals surface area contributed by atoms with Gasteiger partial charge in [0.15, 0.2) is 0 Å². The van der Waals surface area contributed by atoms with Crippen molar-refractivity contribution in [1.29, 1.82) is 0 Å². The van der Waals surface area contributed by atoms with Crippen molar-refractivity contribution >= 4 is 23.8 Å². The van der Waals surface area contributed by atoms with Crippen molar-refractivity contribution in [1.82, 2.24) is 5.32 Å². The minimum absolute atomic E-state index is 0.00119. The van der Waals surface area contributed by atoms with Gasteiger partial charge < -0.3 is 19.9 Å². The van der Waals surface area contributed by atoms with E-state index in [2.05, 4.69) is 11.9 Å². The summed E-state index contributed by atoms with van der Waals surface area (Å²) in [5, 5.41) is 10.9. The highest BCUT2D eigenvalue weighted by Gasteiger charge is 2.11. The quantitative estimate of drug-likeness (QED) is 0.228. The number of carbonyl (C=O) groups is 4. The van der Waals surface area contributed by atoms with E-state index in [1.54, 1.807) is 13.8 Å². The molecule has 0 fully saturated rings. The van der Waals surface area contributed by atoms with Crippen LogP contribution in [0, 0.1) is 17.8 Å². The van der Waals surface area contributed by atoms with Crippen LogP contribution in [0.25, 0.3) is 0 Å². The van der Waals surface area contributed by atoms with Crippen molar-refractivity contribution in [3.05, 3.63) is 48.0 Å². The molecule has 2 N–H and O–H groups in total. The zero-order chi connectivity index (χ0) is 28.1. The molecule has 1 rings (SSSR count). The lowest BCUT2D eigenvalue weighted by Gasteiger charge is -2.10. The molecule has 0 aliphatic carbocycles. The highest BCUT2D eigenvalue weighted by atomic mass is 16.5. The molecule has 0 aromatic heterocycles. The lowest BCUT2D eigenvalue weighted by Crippen LogP contribution is -2.32. The number of benzene rings is 1. The normalized spacial score (nSPS) is 12.2. The van der Waals surface area contributed by atoms with E-state index in [-0.39, 0.29) is 36.2 Å². The van der Waals surface area contributed by atoms with Crippen molar-refractivity contribution < 1.29 is 33.8 Å². The van der Waals surface area contributed by atoms with Gasteiger partial charge in [-0.05, 0) is 31.7 Å². The first kappa shape index (κ1) is 35.0. The Morgan fingerprint density at radius 2 is 1.42 bits per heavy atom. The fraction of sp³-hybridized carbons (Fsp3) is 0.571. The van der Waals surface area contributed by atoms with Gasteiger partial charge in [0.05, 0.1) is 18.4 Å². The van der Waals surface area contributed by atoms with Crippen LogP contribution in [0.1, 0.15) is 73.3 Å². The first-order valence-electron chi connectivity index (χ1n) is 12.4. The number of carboxylic acid groups (broad SMARTS) is 1. The average molecular weight is 508 g/mol.